The van der Waals surface area contributed by atoms with Gasteiger partial charge >= 0.3 is 0 Å². The molecule has 1 saturated carbocycles. The summed E-state index contributed by atoms with van der Waals surface area (Å²) in [6.07, 6.45) is 6.19. The van der Waals surface area contributed by atoms with Gasteiger partial charge in [0.25, 0.3) is 5.91 Å². The van der Waals surface area contributed by atoms with Gasteiger partial charge in [-0.1, -0.05) is 26.2 Å². The highest BCUT2D eigenvalue weighted by Crippen LogP contribution is 2.35. The second-order valence-electron chi connectivity index (χ2n) is 6.43. The molecule has 1 aromatic carbocycles. The van der Waals surface area contributed by atoms with E-state index in [-0.39, 0.29) is 11.3 Å². The molecular weight excluding hydrogens is 264 g/mol. The predicted octanol–water partition coefficient (Wildman–Crippen LogP) is 2.85. The molecule has 0 bridgehead atoms. The van der Waals surface area contributed by atoms with Crippen LogP contribution in [0.25, 0.3) is 10.9 Å². The summed E-state index contributed by atoms with van der Waals surface area (Å²) in [6.45, 7) is 2.97. The van der Waals surface area contributed by atoms with Crippen LogP contribution in [-0.4, -0.2) is 22.6 Å². The lowest BCUT2D eigenvalue weighted by molar-refractivity contribution is 0.0916. The number of aromatic amines is 1. The lowest BCUT2D eigenvalue weighted by atomic mass is 9.76. The summed E-state index contributed by atoms with van der Waals surface area (Å²) < 4.78 is 0. The minimum Gasteiger partial charge on any atom is -0.399 e. The fourth-order valence-electron chi connectivity index (χ4n) is 3.16. The molecular formula is C16H22N4O. The first-order valence-corrected chi connectivity index (χ1v) is 7.59. The number of fused-ring (bicyclic) bond motifs is 1. The molecule has 5 heteroatoms. The highest BCUT2D eigenvalue weighted by atomic mass is 16.1. The number of anilines is 1. The van der Waals surface area contributed by atoms with Gasteiger partial charge in [-0.05, 0) is 36.5 Å². The number of nitrogens with zero attached hydrogens (tertiary/aromatic N) is 1. The lowest BCUT2D eigenvalue weighted by Gasteiger charge is -2.33. The molecule has 1 fully saturated rings. The van der Waals surface area contributed by atoms with Crippen molar-refractivity contribution in [1.29, 1.82) is 0 Å². The number of carbonyl (C=O) groups excluding carboxylic acids is 1. The molecule has 2 aromatic rings. The van der Waals surface area contributed by atoms with Crippen molar-refractivity contribution in [3.63, 3.8) is 0 Å². The number of hydrogen-bond donors (Lipinski definition) is 3. The van der Waals surface area contributed by atoms with Gasteiger partial charge in [0, 0.05) is 17.6 Å². The molecule has 0 saturated heterocycles. The van der Waals surface area contributed by atoms with Crippen LogP contribution in [0, 0.1) is 5.41 Å². The summed E-state index contributed by atoms with van der Waals surface area (Å²) in [5.41, 5.74) is 7.91. The minimum absolute atomic E-state index is 0.126. The average molecular weight is 286 g/mol. The largest absolute Gasteiger partial charge is 0.399 e. The molecule has 0 spiro atoms. The van der Waals surface area contributed by atoms with Crippen molar-refractivity contribution < 1.29 is 4.79 Å². The maximum absolute atomic E-state index is 12.4. The minimum atomic E-state index is -0.126. The van der Waals surface area contributed by atoms with Gasteiger partial charge in [-0.2, -0.15) is 5.10 Å². The molecule has 112 valence electrons. The summed E-state index contributed by atoms with van der Waals surface area (Å²) >= 11 is 0. The van der Waals surface area contributed by atoms with Crippen LogP contribution in [0.15, 0.2) is 18.2 Å². The van der Waals surface area contributed by atoms with Gasteiger partial charge < -0.3 is 11.1 Å². The van der Waals surface area contributed by atoms with Crippen LogP contribution in [0.1, 0.15) is 49.5 Å². The van der Waals surface area contributed by atoms with Crippen molar-refractivity contribution >= 4 is 22.5 Å². The summed E-state index contributed by atoms with van der Waals surface area (Å²) in [5, 5.41) is 10.8. The van der Waals surface area contributed by atoms with E-state index in [9.17, 15) is 4.79 Å². The Morgan fingerprint density at radius 2 is 2.14 bits per heavy atom. The fraction of sp³-hybridized carbons (Fsp3) is 0.500. The number of nitrogen functional groups attached to an aromatic ring is 1. The predicted molar refractivity (Wildman–Crippen MR) is 84.0 cm³/mol. The number of benzene rings is 1. The molecule has 3 rings (SSSR count). The Kier molecular flexibility index (Phi) is 3.57. The number of nitrogens with two attached hydrogens (primary N) is 1. The fourth-order valence-corrected chi connectivity index (χ4v) is 3.16. The molecule has 1 aromatic heterocycles. The highest BCUT2D eigenvalue weighted by Gasteiger charge is 2.27. The van der Waals surface area contributed by atoms with Crippen molar-refractivity contribution in [3.05, 3.63) is 23.9 Å². The Bertz CT molecular complexity index is 655. The topological polar surface area (TPSA) is 83.8 Å². The van der Waals surface area contributed by atoms with Crippen LogP contribution in [0.2, 0.25) is 0 Å². The quantitative estimate of drug-likeness (QED) is 0.759. The second-order valence-corrected chi connectivity index (χ2v) is 6.43. The Morgan fingerprint density at radius 3 is 2.90 bits per heavy atom. The van der Waals surface area contributed by atoms with E-state index in [2.05, 4.69) is 22.4 Å². The van der Waals surface area contributed by atoms with Crippen LogP contribution in [0.4, 0.5) is 5.69 Å². The number of H-pyrrole nitrogens is 1. The third-order valence-electron chi connectivity index (χ3n) is 4.54. The number of nitrogens with one attached hydrogen (secondary N) is 2. The number of carbonyl (C=O) groups is 1. The van der Waals surface area contributed by atoms with Crippen molar-refractivity contribution in [2.24, 2.45) is 5.41 Å². The number of hydrogen-bond acceptors (Lipinski definition) is 3. The van der Waals surface area contributed by atoms with E-state index in [0.29, 0.717) is 17.9 Å². The summed E-state index contributed by atoms with van der Waals surface area (Å²) in [7, 11) is 0. The Labute approximate surface area is 124 Å². The molecule has 4 N–H and O–H groups in total. The second kappa shape index (κ2) is 5.39. The van der Waals surface area contributed by atoms with Crippen LogP contribution in [0.5, 0.6) is 0 Å². The third-order valence-corrected chi connectivity index (χ3v) is 4.54. The number of aromatic nitrogens is 2. The SMILES string of the molecule is CC1(CNC(=O)c2n[nH]c3ccc(N)cc23)CCCCC1. The maximum atomic E-state index is 12.4. The third kappa shape index (κ3) is 2.86. The zero-order chi connectivity index (χ0) is 14.9. The van der Waals surface area contributed by atoms with E-state index >= 15 is 0 Å². The Hall–Kier alpha value is -2.04. The van der Waals surface area contributed by atoms with Crippen LogP contribution in [0.3, 0.4) is 0 Å². The van der Waals surface area contributed by atoms with E-state index in [1.165, 1.54) is 32.1 Å². The monoisotopic (exact) mass is 286 g/mol. The number of rotatable bonds is 3. The van der Waals surface area contributed by atoms with Crippen LogP contribution in [-0.2, 0) is 0 Å². The maximum Gasteiger partial charge on any atom is 0.272 e. The van der Waals surface area contributed by atoms with E-state index in [1.54, 1.807) is 12.1 Å². The molecule has 1 amide bonds. The molecule has 5 nitrogen and oxygen atoms in total. The first-order valence-electron chi connectivity index (χ1n) is 7.59. The summed E-state index contributed by atoms with van der Waals surface area (Å²) in [5.74, 6) is -0.126. The molecule has 1 aliphatic carbocycles. The van der Waals surface area contributed by atoms with E-state index < -0.39 is 0 Å². The van der Waals surface area contributed by atoms with Gasteiger partial charge in [-0.25, -0.2) is 0 Å². The normalized spacial score (nSPS) is 17.8. The summed E-state index contributed by atoms with van der Waals surface area (Å²) in [4.78, 5) is 12.4. The van der Waals surface area contributed by atoms with Crippen molar-refractivity contribution in [2.45, 2.75) is 39.0 Å². The van der Waals surface area contributed by atoms with Gasteiger partial charge in [-0.3, -0.25) is 9.89 Å². The lowest BCUT2D eigenvalue weighted by Crippen LogP contribution is -2.37. The van der Waals surface area contributed by atoms with E-state index in [0.717, 1.165) is 10.9 Å². The van der Waals surface area contributed by atoms with Gasteiger partial charge in [0.2, 0.25) is 0 Å². The molecule has 0 unspecified atom stereocenters. The highest BCUT2D eigenvalue weighted by molar-refractivity contribution is 6.05. The molecule has 0 radical (unpaired) electrons. The molecule has 1 aliphatic rings. The van der Waals surface area contributed by atoms with E-state index in [4.69, 9.17) is 5.73 Å². The van der Waals surface area contributed by atoms with Crippen molar-refractivity contribution in [2.75, 3.05) is 12.3 Å². The molecule has 21 heavy (non-hydrogen) atoms. The zero-order valence-corrected chi connectivity index (χ0v) is 12.4. The van der Waals surface area contributed by atoms with Crippen molar-refractivity contribution in [1.82, 2.24) is 15.5 Å². The molecule has 0 aliphatic heterocycles. The summed E-state index contributed by atoms with van der Waals surface area (Å²) in [6, 6.07) is 5.43. The smallest absolute Gasteiger partial charge is 0.272 e. The Balaban J connectivity index is 1.73. The first kappa shape index (κ1) is 13.9. The molecule has 0 atom stereocenters. The molecule has 1 heterocycles. The van der Waals surface area contributed by atoms with Gasteiger partial charge in [-0.15, -0.1) is 0 Å². The zero-order valence-electron chi connectivity index (χ0n) is 12.4. The van der Waals surface area contributed by atoms with Gasteiger partial charge in [0.05, 0.1) is 5.52 Å². The van der Waals surface area contributed by atoms with Gasteiger partial charge in [0.15, 0.2) is 5.69 Å². The first-order chi connectivity index (χ1) is 10.1. The Morgan fingerprint density at radius 1 is 1.38 bits per heavy atom. The van der Waals surface area contributed by atoms with Crippen LogP contribution >= 0.6 is 0 Å². The van der Waals surface area contributed by atoms with Crippen LogP contribution < -0.4 is 11.1 Å². The van der Waals surface area contributed by atoms with Gasteiger partial charge in [0.1, 0.15) is 0 Å². The average Bonchev–Trinajstić information content (AvgIpc) is 2.89. The van der Waals surface area contributed by atoms with Crippen molar-refractivity contribution in [3.8, 4) is 0 Å². The standard InChI is InChI=1S/C16H22N4O/c1-16(7-3-2-4-8-16)10-18-15(21)14-12-9-11(17)5-6-13(12)19-20-14/h5-6,9H,2-4,7-8,10,17H2,1H3,(H,18,21)(H,19,20). The van der Waals surface area contributed by atoms with E-state index in [1.807, 2.05) is 6.07 Å². The number of amides is 1.